The van der Waals surface area contributed by atoms with Crippen LogP contribution in [-0.4, -0.2) is 29.6 Å². The second-order valence-corrected chi connectivity index (χ2v) is 7.20. The molecule has 1 saturated heterocycles. The Balaban J connectivity index is 1.59. The van der Waals surface area contributed by atoms with Gasteiger partial charge in [0.05, 0.1) is 0 Å². The monoisotopic (exact) mass is 326 g/mol. The molecule has 1 unspecified atom stereocenters. The van der Waals surface area contributed by atoms with Crippen LogP contribution in [0.1, 0.15) is 22.3 Å². The van der Waals surface area contributed by atoms with Crippen molar-refractivity contribution in [3.05, 3.63) is 59.7 Å². The minimum atomic E-state index is 0.113. The number of hydrogen-bond donors (Lipinski definition) is 1. The van der Waals surface area contributed by atoms with Crippen LogP contribution in [0.2, 0.25) is 0 Å². The van der Waals surface area contributed by atoms with Gasteiger partial charge in [-0.1, -0.05) is 24.3 Å². The predicted molar refractivity (Wildman–Crippen MR) is 96.8 cm³/mol. The number of aryl methyl sites for hydroxylation is 1. The van der Waals surface area contributed by atoms with Crippen LogP contribution < -0.4 is 5.73 Å². The van der Waals surface area contributed by atoms with Crippen LogP contribution in [-0.2, 0) is 0 Å². The van der Waals surface area contributed by atoms with E-state index in [1.807, 2.05) is 41.8 Å². The Kier molecular flexibility index (Phi) is 4.91. The Hall–Kier alpha value is -1.94. The minimum absolute atomic E-state index is 0.113. The van der Waals surface area contributed by atoms with Gasteiger partial charge in [-0.3, -0.25) is 4.79 Å². The van der Waals surface area contributed by atoms with Gasteiger partial charge in [-0.15, -0.1) is 11.8 Å². The first-order valence-electron chi connectivity index (χ1n) is 7.97. The standard InChI is InChI=1S/C19H22N2OS/c1-14-7-8-16(20)11-18(14)19(22)21-10-9-15(12-21)13-23-17-5-3-2-4-6-17/h2-8,11,15H,9-10,12-13,20H2,1H3. The second-order valence-electron chi connectivity index (χ2n) is 6.10. The van der Waals surface area contributed by atoms with Crippen molar-refractivity contribution in [1.82, 2.24) is 4.90 Å². The van der Waals surface area contributed by atoms with Gasteiger partial charge in [-0.25, -0.2) is 0 Å². The molecule has 1 amide bonds. The Morgan fingerprint density at radius 1 is 1.26 bits per heavy atom. The number of carbonyl (C=O) groups excluding carboxylic acids is 1. The number of rotatable bonds is 4. The highest BCUT2D eigenvalue weighted by Crippen LogP contribution is 2.27. The van der Waals surface area contributed by atoms with E-state index in [2.05, 4.69) is 24.3 Å². The highest BCUT2D eigenvalue weighted by Gasteiger charge is 2.27. The zero-order valence-electron chi connectivity index (χ0n) is 13.4. The highest BCUT2D eigenvalue weighted by atomic mass is 32.2. The maximum Gasteiger partial charge on any atom is 0.254 e. The molecule has 1 aliphatic heterocycles. The van der Waals surface area contributed by atoms with Crippen LogP contribution in [0.5, 0.6) is 0 Å². The van der Waals surface area contributed by atoms with Gasteiger partial charge in [-0.2, -0.15) is 0 Å². The van der Waals surface area contributed by atoms with Crippen molar-refractivity contribution in [1.29, 1.82) is 0 Å². The van der Waals surface area contributed by atoms with Gasteiger partial charge in [0.2, 0.25) is 0 Å². The lowest BCUT2D eigenvalue weighted by Gasteiger charge is -2.18. The fourth-order valence-corrected chi connectivity index (χ4v) is 3.97. The van der Waals surface area contributed by atoms with Crippen molar-refractivity contribution in [2.24, 2.45) is 5.92 Å². The van der Waals surface area contributed by atoms with E-state index in [0.717, 1.165) is 36.4 Å². The zero-order chi connectivity index (χ0) is 16.2. The van der Waals surface area contributed by atoms with E-state index in [0.29, 0.717) is 11.6 Å². The first kappa shape index (κ1) is 15.9. The van der Waals surface area contributed by atoms with E-state index in [1.54, 1.807) is 6.07 Å². The van der Waals surface area contributed by atoms with Crippen LogP contribution in [0.15, 0.2) is 53.4 Å². The molecule has 1 aliphatic rings. The normalized spacial score (nSPS) is 17.4. The van der Waals surface area contributed by atoms with Gasteiger partial charge in [0.15, 0.2) is 0 Å². The summed E-state index contributed by atoms with van der Waals surface area (Å²) in [7, 11) is 0. The summed E-state index contributed by atoms with van der Waals surface area (Å²) in [6.45, 7) is 3.64. The van der Waals surface area contributed by atoms with E-state index in [1.165, 1.54) is 4.90 Å². The summed E-state index contributed by atoms with van der Waals surface area (Å²) in [6, 6.07) is 16.0. The molecule has 0 aromatic heterocycles. The molecule has 0 bridgehead atoms. The van der Waals surface area contributed by atoms with Crippen LogP contribution >= 0.6 is 11.8 Å². The Bertz CT molecular complexity index is 687. The van der Waals surface area contributed by atoms with Gasteiger partial charge in [-0.05, 0) is 49.1 Å². The predicted octanol–water partition coefficient (Wildman–Crippen LogP) is 3.83. The lowest BCUT2D eigenvalue weighted by atomic mass is 10.1. The van der Waals surface area contributed by atoms with Gasteiger partial charge in [0, 0.05) is 35.0 Å². The largest absolute Gasteiger partial charge is 0.399 e. The van der Waals surface area contributed by atoms with Gasteiger partial charge in [0.1, 0.15) is 0 Å². The summed E-state index contributed by atoms with van der Waals surface area (Å²) in [4.78, 5) is 16.0. The quantitative estimate of drug-likeness (QED) is 0.686. The molecule has 120 valence electrons. The smallest absolute Gasteiger partial charge is 0.254 e. The molecule has 23 heavy (non-hydrogen) atoms. The molecule has 0 saturated carbocycles. The molecule has 1 heterocycles. The summed E-state index contributed by atoms with van der Waals surface area (Å²) in [5, 5.41) is 0. The molecular weight excluding hydrogens is 304 g/mol. The Morgan fingerprint density at radius 3 is 2.83 bits per heavy atom. The third-order valence-corrected chi connectivity index (χ3v) is 5.54. The van der Waals surface area contributed by atoms with Crippen molar-refractivity contribution >= 4 is 23.4 Å². The fourth-order valence-electron chi connectivity index (χ4n) is 2.92. The van der Waals surface area contributed by atoms with Crippen LogP contribution in [0.3, 0.4) is 0 Å². The Morgan fingerprint density at radius 2 is 2.04 bits per heavy atom. The lowest BCUT2D eigenvalue weighted by Crippen LogP contribution is -2.29. The molecule has 3 nitrogen and oxygen atoms in total. The summed E-state index contributed by atoms with van der Waals surface area (Å²) in [5.74, 6) is 1.73. The number of nitrogen functional groups attached to an aromatic ring is 1. The van der Waals surface area contributed by atoms with Gasteiger partial charge in [0.25, 0.3) is 5.91 Å². The van der Waals surface area contributed by atoms with Crippen LogP contribution in [0, 0.1) is 12.8 Å². The van der Waals surface area contributed by atoms with Crippen LogP contribution in [0.25, 0.3) is 0 Å². The molecule has 3 rings (SSSR count). The number of benzene rings is 2. The molecule has 0 radical (unpaired) electrons. The number of thioether (sulfide) groups is 1. The van der Waals surface area contributed by atoms with E-state index in [4.69, 9.17) is 5.73 Å². The maximum atomic E-state index is 12.7. The second kappa shape index (κ2) is 7.09. The first-order valence-corrected chi connectivity index (χ1v) is 8.95. The molecule has 4 heteroatoms. The number of hydrogen-bond acceptors (Lipinski definition) is 3. The van der Waals surface area contributed by atoms with Gasteiger partial charge < -0.3 is 10.6 Å². The molecule has 2 aromatic carbocycles. The van der Waals surface area contributed by atoms with Gasteiger partial charge >= 0.3 is 0 Å². The molecule has 2 N–H and O–H groups in total. The van der Waals surface area contributed by atoms with E-state index >= 15 is 0 Å². The van der Waals surface area contributed by atoms with Crippen molar-refractivity contribution in [3.8, 4) is 0 Å². The molecule has 2 aromatic rings. The highest BCUT2D eigenvalue weighted by molar-refractivity contribution is 7.99. The first-order chi connectivity index (χ1) is 11.1. The third-order valence-electron chi connectivity index (χ3n) is 4.29. The molecule has 0 aliphatic carbocycles. The van der Waals surface area contributed by atoms with Crippen LogP contribution in [0.4, 0.5) is 5.69 Å². The minimum Gasteiger partial charge on any atom is -0.399 e. The number of anilines is 1. The van der Waals surface area contributed by atoms with E-state index < -0.39 is 0 Å². The van der Waals surface area contributed by atoms with Crippen molar-refractivity contribution in [2.45, 2.75) is 18.2 Å². The Labute approximate surface area is 141 Å². The summed E-state index contributed by atoms with van der Waals surface area (Å²) < 4.78 is 0. The number of carbonyl (C=O) groups is 1. The topological polar surface area (TPSA) is 46.3 Å². The lowest BCUT2D eigenvalue weighted by molar-refractivity contribution is 0.0787. The molecule has 1 fully saturated rings. The fraction of sp³-hybridized carbons (Fsp3) is 0.316. The number of amides is 1. The number of likely N-dealkylation sites (tertiary alicyclic amines) is 1. The maximum absolute atomic E-state index is 12.7. The number of nitrogens with zero attached hydrogens (tertiary/aromatic N) is 1. The van der Waals surface area contributed by atoms with Crippen molar-refractivity contribution in [2.75, 3.05) is 24.6 Å². The summed E-state index contributed by atoms with van der Waals surface area (Å²) in [5.41, 5.74) is 8.21. The SMILES string of the molecule is Cc1ccc(N)cc1C(=O)N1CCC(CSc2ccccc2)C1. The van der Waals surface area contributed by atoms with E-state index in [-0.39, 0.29) is 5.91 Å². The average molecular weight is 326 g/mol. The summed E-state index contributed by atoms with van der Waals surface area (Å²) in [6.07, 6.45) is 1.08. The molecule has 1 atom stereocenters. The van der Waals surface area contributed by atoms with E-state index in [9.17, 15) is 4.79 Å². The molecular formula is C19H22N2OS. The zero-order valence-corrected chi connectivity index (χ0v) is 14.2. The van der Waals surface area contributed by atoms with Crippen molar-refractivity contribution in [3.63, 3.8) is 0 Å². The average Bonchev–Trinajstić information content (AvgIpc) is 3.04. The summed E-state index contributed by atoms with van der Waals surface area (Å²) >= 11 is 1.87. The van der Waals surface area contributed by atoms with Crippen molar-refractivity contribution < 1.29 is 4.79 Å². The number of nitrogens with two attached hydrogens (primary N) is 1. The third kappa shape index (κ3) is 3.88. The molecule has 0 spiro atoms.